The molecule has 160 valence electrons. The van der Waals surface area contributed by atoms with E-state index in [0.717, 1.165) is 40.7 Å². The molecule has 2 aliphatic heterocycles. The first kappa shape index (κ1) is 21.0. The Morgan fingerprint density at radius 1 is 0.677 bits per heavy atom. The monoisotopic (exact) mass is 539 g/mol. The summed E-state index contributed by atoms with van der Waals surface area (Å²) in [5.74, 6) is 1.11. The van der Waals surface area contributed by atoms with Gasteiger partial charge >= 0.3 is 0 Å². The predicted octanol–water partition coefficient (Wildman–Crippen LogP) is 7.68. The highest BCUT2D eigenvalue weighted by atomic mass is 79.9. The fourth-order valence-corrected chi connectivity index (χ4v) is 5.57. The Labute approximate surface area is 201 Å². The number of benzene rings is 2. The number of anilines is 2. The number of aromatic nitrogens is 1. The molecule has 0 amide bonds. The summed E-state index contributed by atoms with van der Waals surface area (Å²) < 4.78 is 2.25. The van der Waals surface area contributed by atoms with E-state index in [1.165, 1.54) is 36.1 Å². The third kappa shape index (κ3) is 4.54. The fourth-order valence-electron chi connectivity index (χ4n) is 5.04. The van der Waals surface area contributed by atoms with Gasteiger partial charge < -0.3 is 9.80 Å². The van der Waals surface area contributed by atoms with Gasteiger partial charge in [-0.25, -0.2) is 4.98 Å². The van der Waals surface area contributed by atoms with Crippen LogP contribution in [0.3, 0.4) is 0 Å². The summed E-state index contributed by atoms with van der Waals surface area (Å²) in [6, 6.07) is 22.8. The summed E-state index contributed by atoms with van der Waals surface area (Å²) in [5.41, 5.74) is 3.94. The lowest BCUT2D eigenvalue weighted by atomic mass is 10.0. The topological polar surface area (TPSA) is 19.4 Å². The first-order chi connectivity index (χ1) is 15.2. The van der Waals surface area contributed by atoms with Gasteiger partial charge in [-0.2, -0.15) is 0 Å². The lowest BCUT2D eigenvalue weighted by Gasteiger charge is -2.34. The van der Waals surface area contributed by atoms with Crippen molar-refractivity contribution in [2.45, 2.75) is 44.2 Å². The Kier molecular flexibility index (Phi) is 6.33. The molecule has 3 aromatic rings. The summed E-state index contributed by atoms with van der Waals surface area (Å²) in [5, 5.41) is 0. The quantitative estimate of drug-likeness (QED) is 0.338. The Hall–Kier alpha value is -1.85. The molecule has 2 aromatic carbocycles. The molecule has 2 saturated heterocycles. The van der Waals surface area contributed by atoms with Crippen molar-refractivity contribution in [2.24, 2.45) is 0 Å². The first-order valence-electron chi connectivity index (χ1n) is 11.2. The minimum atomic E-state index is 0.351. The third-order valence-corrected chi connectivity index (χ3v) is 7.66. The molecule has 2 fully saturated rings. The van der Waals surface area contributed by atoms with Gasteiger partial charge in [0.15, 0.2) is 0 Å². The van der Waals surface area contributed by atoms with E-state index in [1.807, 2.05) is 0 Å². The van der Waals surface area contributed by atoms with Gasteiger partial charge in [0.2, 0.25) is 0 Å². The molecule has 0 radical (unpaired) electrons. The zero-order valence-corrected chi connectivity index (χ0v) is 20.7. The molecule has 2 aliphatic rings. The molecule has 0 N–H and O–H groups in total. The molecule has 2 unspecified atom stereocenters. The van der Waals surface area contributed by atoms with Crippen LogP contribution in [0.5, 0.6) is 0 Å². The van der Waals surface area contributed by atoms with Crippen molar-refractivity contribution in [1.29, 1.82) is 0 Å². The Bertz CT molecular complexity index is 943. The SMILES string of the molecule is Brc1ccc(C2CCC(c3ccc(Br)cc3)N2c2ccc(N3CCCCC3)nc2)cc1. The van der Waals surface area contributed by atoms with Crippen molar-refractivity contribution in [3.8, 4) is 0 Å². The van der Waals surface area contributed by atoms with Crippen LogP contribution in [0.2, 0.25) is 0 Å². The van der Waals surface area contributed by atoms with Crippen molar-refractivity contribution in [2.75, 3.05) is 22.9 Å². The smallest absolute Gasteiger partial charge is 0.128 e. The fraction of sp³-hybridized carbons (Fsp3) is 0.346. The molecule has 3 nitrogen and oxygen atoms in total. The Morgan fingerprint density at radius 2 is 1.23 bits per heavy atom. The summed E-state index contributed by atoms with van der Waals surface area (Å²) >= 11 is 7.16. The highest BCUT2D eigenvalue weighted by Gasteiger charge is 2.35. The highest BCUT2D eigenvalue weighted by Crippen LogP contribution is 2.47. The number of piperidine rings is 1. The van der Waals surface area contributed by atoms with E-state index < -0.39 is 0 Å². The normalized spacial score (nSPS) is 21.5. The van der Waals surface area contributed by atoms with Crippen molar-refractivity contribution >= 4 is 43.4 Å². The second-order valence-electron chi connectivity index (χ2n) is 8.54. The molecular weight excluding hydrogens is 514 g/mol. The van der Waals surface area contributed by atoms with Crippen molar-refractivity contribution in [3.05, 3.63) is 86.9 Å². The predicted molar refractivity (Wildman–Crippen MR) is 136 cm³/mol. The van der Waals surface area contributed by atoms with Crippen LogP contribution in [0.1, 0.15) is 55.3 Å². The summed E-state index contributed by atoms with van der Waals surface area (Å²) in [6.45, 7) is 2.25. The molecule has 31 heavy (non-hydrogen) atoms. The maximum atomic E-state index is 4.90. The molecule has 0 bridgehead atoms. The van der Waals surface area contributed by atoms with Crippen LogP contribution in [-0.4, -0.2) is 18.1 Å². The Balaban J connectivity index is 1.48. The average molecular weight is 541 g/mol. The Morgan fingerprint density at radius 3 is 1.71 bits per heavy atom. The third-order valence-electron chi connectivity index (χ3n) is 6.61. The number of pyridine rings is 1. The lowest BCUT2D eigenvalue weighted by Crippen LogP contribution is -2.30. The maximum absolute atomic E-state index is 4.90. The van der Waals surface area contributed by atoms with Gasteiger partial charge in [0.1, 0.15) is 5.82 Å². The van der Waals surface area contributed by atoms with E-state index in [1.54, 1.807) is 0 Å². The molecule has 0 spiro atoms. The minimum Gasteiger partial charge on any atom is -0.357 e. The maximum Gasteiger partial charge on any atom is 0.128 e. The molecule has 3 heterocycles. The number of halogens is 2. The lowest BCUT2D eigenvalue weighted by molar-refractivity contribution is 0.573. The molecule has 5 rings (SSSR count). The van der Waals surface area contributed by atoms with Crippen LogP contribution in [-0.2, 0) is 0 Å². The standard InChI is InChI=1S/C26H27Br2N3/c27-21-8-4-19(5-9-21)24-13-14-25(20-6-10-22(28)11-7-20)31(24)23-12-15-26(29-18-23)30-16-2-1-3-17-30/h4-12,15,18,24-25H,1-3,13-14,16-17H2. The van der Waals surface area contributed by atoms with Crippen LogP contribution >= 0.6 is 31.9 Å². The number of nitrogens with zero attached hydrogens (tertiary/aromatic N) is 3. The zero-order chi connectivity index (χ0) is 21.2. The van der Waals surface area contributed by atoms with Crippen molar-refractivity contribution < 1.29 is 0 Å². The van der Waals surface area contributed by atoms with E-state index in [4.69, 9.17) is 4.98 Å². The van der Waals surface area contributed by atoms with Gasteiger partial charge in [-0.05, 0) is 79.6 Å². The van der Waals surface area contributed by atoms with E-state index >= 15 is 0 Å². The van der Waals surface area contributed by atoms with Gasteiger partial charge in [0, 0.05) is 22.0 Å². The highest BCUT2D eigenvalue weighted by molar-refractivity contribution is 9.10. The molecule has 0 aliphatic carbocycles. The van der Waals surface area contributed by atoms with Gasteiger partial charge in [0.05, 0.1) is 24.0 Å². The second-order valence-corrected chi connectivity index (χ2v) is 10.4. The second kappa shape index (κ2) is 9.33. The van der Waals surface area contributed by atoms with Gasteiger partial charge in [-0.1, -0.05) is 56.1 Å². The van der Waals surface area contributed by atoms with Crippen LogP contribution in [0, 0.1) is 0 Å². The molecule has 0 saturated carbocycles. The van der Waals surface area contributed by atoms with Crippen molar-refractivity contribution in [1.82, 2.24) is 4.98 Å². The molecule has 1 aromatic heterocycles. The van der Waals surface area contributed by atoms with E-state index in [-0.39, 0.29) is 0 Å². The number of hydrogen-bond donors (Lipinski definition) is 0. The molecular formula is C26H27Br2N3. The molecule has 5 heteroatoms. The zero-order valence-electron chi connectivity index (χ0n) is 17.6. The summed E-state index contributed by atoms with van der Waals surface area (Å²) in [7, 11) is 0. The van der Waals surface area contributed by atoms with Crippen LogP contribution in [0.25, 0.3) is 0 Å². The van der Waals surface area contributed by atoms with Crippen LogP contribution < -0.4 is 9.80 Å². The van der Waals surface area contributed by atoms with Gasteiger partial charge in [0.25, 0.3) is 0 Å². The molecule has 2 atom stereocenters. The van der Waals surface area contributed by atoms with Crippen molar-refractivity contribution in [3.63, 3.8) is 0 Å². The first-order valence-corrected chi connectivity index (χ1v) is 12.8. The number of rotatable bonds is 4. The average Bonchev–Trinajstić information content (AvgIpc) is 3.26. The minimum absolute atomic E-state index is 0.351. The van der Waals surface area contributed by atoms with Crippen LogP contribution in [0.15, 0.2) is 75.8 Å². The summed E-state index contributed by atoms with van der Waals surface area (Å²) in [6.07, 6.45) is 8.24. The van der Waals surface area contributed by atoms with Crippen LogP contribution in [0.4, 0.5) is 11.5 Å². The van der Waals surface area contributed by atoms with E-state index in [0.29, 0.717) is 12.1 Å². The van der Waals surface area contributed by atoms with Gasteiger partial charge in [-0.3, -0.25) is 0 Å². The number of hydrogen-bond acceptors (Lipinski definition) is 3. The largest absolute Gasteiger partial charge is 0.357 e. The summed E-state index contributed by atoms with van der Waals surface area (Å²) in [4.78, 5) is 9.91. The van der Waals surface area contributed by atoms with Gasteiger partial charge in [-0.15, -0.1) is 0 Å². The van der Waals surface area contributed by atoms with E-state index in [9.17, 15) is 0 Å². The van der Waals surface area contributed by atoms with E-state index in [2.05, 4.69) is 109 Å².